The summed E-state index contributed by atoms with van der Waals surface area (Å²) in [7, 11) is 2.05. The normalized spacial score (nSPS) is 12.6. The summed E-state index contributed by atoms with van der Waals surface area (Å²) >= 11 is 0. The van der Waals surface area contributed by atoms with Gasteiger partial charge in [-0.25, -0.2) is 0 Å². The number of pyridine rings is 1. The molecule has 1 aromatic heterocycles. The van der Waals surface area contributed by atoms with Crippen molar-refractivity contribution in [2.45, 2.75) is 26.3 Å². The van der Waals surface area contributed by atoms with Crippen molar-refractivity contribution in [3.63, 3.8) is 0 Å². The minimum absolute atomic E-state index is 0.0657. The van der Waals surface area contributed by atoms with E-state index in [0.717, 1.165) is 24.3 Å². The molecule has 3 nitrogen and oxygen atoms in total. The summed E-state index contributed by atoms with van der Waals surface area (Å²) in [6, 6.07) is 4.15. The summed E-state index contributed by atoms with van der Waals surface area (Å²) in [4.78, 5) is 6.50. The molecule has 1 aromatic rings. The van der Waals surface area contributed by atoms with Gasteiger partial charge >= 0.3 is 0 Å². The fourth-order valence-corrected chi connectivity index (χ4v) is 1.23. The molecule has 3 heteroatoms. The molecule has 14 heavy (non-hydrogen) atoms. The Bertz CT molecular complexity index is 239. The number of rotatable bonds is 4. The zero-order chi connectivity index (χ0) is 10.6. The van der Waals surface area contributed by atoms with Gasteiger partial charge in [-0.3, -0.25) is 4.98 Å². The van der Waals surface area contributed by atoms with Crippen LogP contribution in [0.5, 0.6) is 0 Å². The average molecular weight is 193 g/mol. The summed E-state index contributed by atoms with van der Waals surface area (Å²) in [5.74, 6) is 0. The SMILES string of the molecule is CC[C@H](N)c1ccc(N(C)CC)cn1. The quantitative estimate of drug-likeness (QED) is 0.794. The molecule has 0 bridgehead atoms. The van der Waals surface area contributed by atoms with Gasteiger partial charge in [0.2, 0.25) is 0 Å². The van der Waals surface area contributed by atoms with Crippen LogP contribution in [-0.4, -0.2) is 18.6 Å². The Balaban J connectivity index is 2.78. The van der Waals surface area contributed by atoms with E-state index in [1.165, 1.54) is 0 Å². The van der Waals surface area contributed by atoms with E-state index in [1.807, 2.05) is 12.3 Å². The molecule has 0 aliphatic rings. The molecule has 1 atom stereocenters. The second-order valence-corrected chi connectivity index (χ2v) is 3.47. The Kier molecular flexibility index (Phi) is 3.89. The van der Waals surface area contributed by atoms with Gasteiger partial charge in [0.25, 0.3) is 0 Å². The Hall–Kier alpha value is -1.09. The highest BCUT2D eigenvalue weighted by molar-refractivity contribution is 5.43. The maximum Gasteiger partial charge on any atom is 0.0572 e. The van der Waals surface area contributed by atoms with Crippen molar-refractivity contribution >= 4 is 5.69 Å². The van der Waals surface area contributed by atoms with Gasteiger partial charge in [-0.15, -0.1) is 0 Å². The fourth-order valence-electron chi connectivity index (χ4n) is 1.23. The number of nitrogens with two attached hydrogens (primary N) is 1. The predicted molar refractivity (Wildman–Crippen MR) is 60.4 cm³/mol. The highest BCUT2D eigenvalue weighted by Crippen LogP contribution is 2.15. The topological polar surface area (TPSA) is 42.1 Å². The second kappa shape index (κ2) is 4.96. The molecular formula is C11H19N3. The van der Waals surface area contributed by atoms with Crippen LogP contribution in [0.15, 0.2) is 18.3 Å². The number of nitrogens with zero attached hydrogens (tertiary/aromatic N) is 2. The third-order valence-electron chi connectivity index (χ3n) is 2.51. The number of aromatic nitrogens is 1. The van der Waals surface area contributed by atoms with Gasteiger partial charge < -0.3 is 10.6 Å². The van der Waals surface area contributed by atoms with Crippen LogP contribution in [0, 0.1) is 0 Å². The van der Waals surface area contributed by atoms with E-state index >= 15 is 0 Å². The van der Waals surface area contributed by atoms with Gasteiger partial charge in [-0.05, 0) is 25.5 Å². The Morgan fingerprint density at radius 1 is 1.43 bits per heavy atom. The molecule has 0 spiro atoms. The van der Waals surface area contributed by atoms with E-state index < -0.39 is 0 Å². The maximum absolute atomic E-state index is 5.88. The molecule has 0 radical (unpaired) electrons. The van der Waals surface area contributed by atoms with Crippen LogP contribution >= 0.6 is 0 Å². The Morgan fingerprint density at radius 3 is 2.57 bits per heavy atom. The highest BCUT2D eigenvalue weighted by Gasteiger charge is 2.05. The molecule has 0 unspecified atom stereocenters. The van der Waals surface area contributed by atoms with Gasteiger partial charge in [-0.1, -0.05) is 6.92 Å². The first-order valence-electron chi connectivity index (χ1n) is 5.11. The van der Waals surface area contributed by atoms with Gasteiger partial charge in [0.1, 0.15) is 0 Å². The molecule has 0 aliphatic heterocycles. The first-order chi connectivity index (χ1) is 6.69. The summed E-state index contributed by atoms with van der Waals surface area (Å²) in [6.45, 7) is 5.17. The lowest BCUT2D eigenvalue weighted by atomic mass is 10.1. The molecule has 0 amide bonds. The zero-order valence-electron chi connectivity index (χ0n) is 9.20. The lowest BCUT2D eigenvalue weighted by molar-refractivity contribution is 0.675. The first kappa shape index (κ1) is 11.0. The van der Waals surface area contributed by atoms with Crippen molar-refractivity contribution < 1.29 is 0 Å². The standard InChI is InChI=1S/C11H19N3/c1-4-10(12)11-7-6-9(8-13-11)14(3)5-2/h6-8,10H,4-5,12H2,1-3H3/t10-/m0/s1. The molecule has 0 saturated heterocycles. The van der Waals surface area contributed by atoms with Crippen LogP contribution in [0.2, 0.25) is 0 Å². The summed E-state index contributed by atoms with van der Waals surface area (Å²) < 4.78 is 0. The Labute approximate surface area is 85.9 Å². The number of hydrogen-bond donors (Lipinski definition) is 1. The summed E-state index contributed by atoms with van der Waals surface area (Å²) in [6.07, 6.45) is 2.81. The lowest BCUT2D eigenvalue weighted by Gasteiger charge is -2.17. The van der Waals surface area contributed by atoms with Crippen LogP contribution in [0.1, 0.15) is 32.0 Å². The van der Waals surface area contributed by atoms with Crippen LogP contribution < -0.4 is 10.6 Å². The lowest BCUT2D eigenvalue weighted by Crippen LogP contribution is -2.17. The zero-order valence-corrected chi connectivity index (χ0v) is 9.20. The smallest absolute Gasteiger partial charge is 0.0572 e. The molecule has 78 valence electrons. The van der Waals surface area contributed by atoms with E-state index in [-0.39, 0.29) is 6.04 Å². The third kappa shape index (κ3) is 2.45. The van der Waals surface area contributed by atoms with Gasteiger partial charge in [0.15, 0.2) is 0 Å². The largest absolute Gasteiger partial charge is 0.374 e. The van der Waals surface area contributed by atoms with Crippen molar-refractivity contribution in [1.29, 1.82) is 0 Å². The van der Waals surface area contributed by atoms with E-state index in [0.29, 0.717) is 0 Å². The van der Waals surface area contributed by atoms with Gasteiger partial charge in [0.05, 0.1) is 17.6 Å². The second-order valence-electron chi connectivity index (χ2n) is 3.47. The molecule has 0 saturated carbocycles. The maximum atomic E-state index is 5.88. The van der Waals surface area contributed by atoms with Crippen molar-refractivity contribution in [2.24, 2.45) is 5.73 Å². The van der Waals surface area contributed by atoms with Crippen LogP contribution in [0.25, 0.3) is 0 Å². The van der Waals surface area contributed by atoms with Crippen molar-refractivity contribution in [1.82, 2.24) is 4.98 Å². The number of hydrogen-bond acceptors (Lipinski definition) is 3. The molecule has 0 aliphatic carbocycles. The average Bonchev–Trinajstić information content (AvgIpc) is 2.27. The molecule has 2 N–H and O–H groups in total. The molecular weight excluding hydrogens is 174 g/mol. The minimum Gasteiger partial charge on any atom is -0.374 e. The minimum atomic E-state index is 0.0657. The van der Waals surface area contributed by atoms with Gasteiger partial charge in [-0.2, -0.15) is 0 Å². The fraction of sp³-hybridized carbons (Fsp3) is 0.545. The van der Waals surface area contributed by atoms with Crippen LogP contribution in [-0.2, 0) is 0 Å². The summed E-state index contributed by atoms with van der Waals surface area (Å²) in [5.41, 5.74) is 7.99. The van der Waals surface area contributed by atoms with E-state index in [1.54, 1.807) is 0 Å². The van der Waals surface area contributed by atoms with Gasteiger partial charge in [0, 0.05) is 19.6 Å². The van der Waals surface area contributed by atoms with Crippen molar-refractivity contribution in [2.75, 3.05) is 18.5 Å². The van der Waals surface area contributed by atoms with Crippen LogP contribution in [0.4, 0.5) is 5.69 Å². The van der Waals surface area contributed by atoms with E-state index in [9.17, 15) is 0 Å². The Morgan fingerprint density at radius 2 is 2.14 bits per heavy atom. The van der Waals surface area contributed by atoms with E-state index in [4.69, 9.17) is 5.73 Å². The highest BCUT2D eigenvalue weighted by atomic mass is 15.1. The third-order valence-corrected chi connectivity index (χ3v) is 2.51. The molecule has 1 rings (SSSR count). The first-order valence-corrected chi connectivity index (χ1v) is 5.11. The molecule has 0 aromatic carbocycles. The monoisotopic (exact) mass is 193 g/mol. The molecule has 1 heterocycles. The van der Waals surface area contributed by atoms with E-state index in [2.05, 4.69) is 36.8 Å². The predicted octanol–water partition coefficient (Wildman–Crippen LogP) is 1.95. The van der Waals surface area contributed by atoms with Crippen molar-refractivity contribution in [3.05, 3.63) is 24.0 Å². The summed E-state index contributed by atoms with van der Waals surface area (Å²) in [5, 5.41) is 0. The van der Waals surface area contributed by atoms with Crippen LogP contribution in [0.3, 0.4) is 0 Å². The number of anilines is 1. The van der Waals surface area contributed by atoms with Crippen molar-refractivity contribution in [3.8, 4) is 0 Å². The molecule has 0 fully saturated rings.